The second-order valence-electron chi connectivity index (χ2n) is 5.38. The van der Waals surface area contributed by atoms with Crippen LogP contribution in [0.4, 0.5) is 0 Å². The summed E-state index contributed by atoms with van der Waals surface area (Å²) in [6.07, 6.45) is 5.09. The molecule has 1 fully saturated rings. The maximum absolute atomic E-state index is 2.57. The average molecular weight is 355 g/mol. The first-order chi connectivity index (χ1) is 8.65. The summed E-state index contributed by atoms with van der Waals surface area (Å²) in [6.45, 7) is 8.21. The molecule has 2 heteroatoms. The zero-order valence-electron chi connectivity index (χ0n) is 11.3. The van der Waals surface area contributed by atoms with Gasteiger partial charge in [-0.2, -0.15) is 0 Å². The van der Waals surface area contributed by atoms with Crippen LogP contribution in [0.1, 0.15) is 32.3 Å². The van der Waals surface area contributed by atoms with Gasteiger partial charge in [-0.05, 0) is 84.6 Å². The van der Waals surface area contributed by atoms with E-state index in [1.165, 1.54) is 40.6 Å². The lowest BCUT2D eigenvalue weighted by atomic mass is 9.99. The Balaban J connectivity index is 1.90. The van der Waals surface area contributed by atoms with Gasteiger partial charge in [0.1, 0.15) is 0 Å². The van der Waals surface area contributed by atoms with Gasteiger partial charge in [-0.15, -0.1) is 0 Å². The number of allylic oxidation sites excluding steroid dienone is 1. The lowest BCUT2D eigenvalue weighted by Gasteiger charge is -2.29. The Kier molecular flexibility index (Phi) is 5.25. The summed E-state index contributed by atoms with van der Waals surface area (Å²) in [5.41, 5.74) is 2.74. The molecule has 2 rings (SSSR count). The van der Waals surface area contributed by atoms with Crippen molar-refractivity contribution in [2.24, 2.45) is 5.92 Å². The Labute approximate surface area is 124 Å². The van der Waals surface area contributed by atoms with Crippen molar-refractivity contribution < 1.29 is 0 Å². The molecule has 0 saturated carbocycles. The fourth-order valence-corrected chi connectivity index (χ4v) is 2.70. The monoisotopic (exact) mass is 355 g/mol. The maximum Gasteiger partial charge on any atom is 0.0169 e. The largest absolute Gasteiger partial charge is 0.300 e. The number of hydrogen-bond donors (Lipinski definition) is 0. The van der Waals surface area contributed by atoms with E-state index in [4.69, 9.17) is 0 Å². The third kappa shape index (κ3) is 4.09. The second-order valence-corrected chi connectivity index (χ2v) is 6.62. The van der Waals surface area contributed by atoms with E-state index in [1.54, 1.807) is 0 Å². The van der Waals surface area contributed by atoms with Crippen molar-refractivity contribution in [2.45, 2.75) is 26.7 Å². The molecular formula is C16H22IN. The first-order valence-electron chi connectivity index (χ1n) is 6.80. The first kappa shape index (κ1) is 14.1. The molecular weight excluding hydrogens is 333 g/mol. The van der Waals surface area contributed by atoms with E-state index in [-0.39, 0.29) is 0 Å². The zero-order chi connectivity index (χ0) is 13.0. The first-order valence-corrected chi connectivity index (χ1v) is 7.88. The van der Waals surface area contributed by atoms with Crippen molar-refractivity contribution in [3.63, 3.8) is 0 Å². The van der Waals surface area contributed by atoms with E-state index in [9.17, 15) is 0 Å². The topological polar surface area (TPSA) is 3.24 Å². The van der Waals surface area contributed by atoms with Gasteiger partial charge in [0.2, 0.25) is 0 Å². The van der Waals surface area contributed by atoms with Gasteiger partial charge in [-0.25, -0.2) is 0 Å². The number of nitrogens with zero attached hydrogens (tertiary/aromatic N) is 1. The SMILES string of the molecule is C/C(=C\CN1CCC(C)CC1)c1ccc(I)cc1. The van der Waals surface area contributed by atoms with Gasteiger partial charge >= 0.3 is 0 Å². The Morgan fingerprint density at radius 3 is 2.50 bits per heavy atom. The summed E-state index contributed by atoms with van der Waals surface area (Å²) in [5, 5.41) is 0. The molecule has 0 bridgehead atoms. The number of piperidine rings is 1. The van der Waals surface area contributed by atoms with Gasteiger partial charge < -0.3 is 0 Å². The van der Waals surface area contributed by atoms with Crippen LogP contribution in [0, 0.1) is 9.49 Å². The number of hydrogen-bond acceptors (Lipinski definition) is 1. The highest BCUT2D eigenvalue weighted by Gasteiger charge is 2.14. The quantitative estimate of drug-likeness (QED) is 0.726. The molecule has 98 valence electrons. The minimum Gasteiger partial charge on any atom is -0.300 e. The van der Waals surface area contributed by atoms with Gasteiger partial charge in [0.25, 0.3) is 0 Å². The van der Waals surface area contributed by atoms with Crippen LogP contribution >= 0.6 is 22.6 Å². The van der Waals surface area contributed by atoms with E-state index < -0.39 is 0 Å². The Morgan fingerprint density at radius 2 is 1.89 bits per heavy atom. The molecule has 1 aromatic carbocycles. The molecule has 1 saturated heterocycles. The number of halogens is 1. The average Bonchev–Trinajstić information content (AvgIpc) is 2.38. The minimum absolute atomic E-state index is 0.919. The molecule has 0 spiro atoms. The van der Waals surface area contributed by atoms with E-state index in [0.717, 1.165) is 12.5 Å². The summed E-state index contributed by atoms with van der Waals surface area (Å²) in [5.74, 6) is 0.919. The highest BCUT2D eigenvalue weighted by molar-refractivity contribution is 14.1. The lowest BCUT2D eigenvalue weighted by Crippen LogP contribution is -2.32. The van der Waals surface area contributed by atoms with Crippen molar-refractivity contribution in [3.05, 3.63) is 39.5 Å². The van der Waals surface area contributed by atoms with Gasteiger partial charge in [0.05, 0.1) is 0 Å². The highest BCUT2D eigenvalue weighted by Crippen LogP contribution is 2.18. The normalized spacial score (nSPS) is 19.2. The Morgan fingerprint density at radius 1 is 1.28 bits per heavy atom. The van der Waals surface area contributed by atoms with Crippen LogP contribution in [0.15, 0.2) is 30.3 Å². The third-order valence-electron chi connectivity index (χ3n) is 3.83. The van der Waals surface area contributed by atoms with Crippen LogP contribution in [0.25, 0.3) is 5.57 Å². The van der Waals surface area contributed by atoms with Crippen molar-refractivity contribution in [3.8, 4) is 0 Å². The molecule has 1 aliphatic heterocycles. The van der Waals surface area contributed by atoms with E-state index in [1.807, 2.05) is 0 Å². The molecule has 0 aromatic heterocycles. The fraction of sp³-hybridized carbons (Fsp3) is 0.500. The predicted octanol–water partition coefficient (Wildman–Crippen LogP) is 4.43. The molecule has 1 heterocycles. The summed E-state index contributed by atoms with van der Waals surface area (Å²) in [4.78, 5) is 2.57. The van der Waals surface area contributed by atoms with Crippen LogP contribution < -0.4 is 0 Å². The summed E-state index contributed by atoms with van der Waals surface area (Å²) in [6, 6.07) is 8.78. The highest BCUT2D eigenvalue weighted by atomic mass is 127. The van der Waals surface area contributed by atoms with Gasteiger partial charge in [0.15, 0.2) is 0 Å². The number of benzene rings is 1. The number of rotatable bonds is 3. The van der Waals surface area contributed by atoms with Gasteiger partial charge in [-0.1, -0.05) is 25.1 Å². The molecule has 1 nitrogen and oxygen atoms in total. The summed E-state index contributed by atoms with van der Waals surface area (Å²) >= 11 is 2.35. The molecule has 0 unspecified atom stereocenters. The fourth-order valence-electron chi connectivity index (χ4n) is 2.34. The molecule has 0 radical (unpaired) electrons. The smallest absolute Gasteiger partial charge is 0.0169 e. The number of likely N-dealkylation sites (tertiary alicyclic amines) is 1. The standard InChI is InChI=1S/C16H22IN/c1-13-7-10-18(11-8-13)12-9-14(2)15-3-5-16(17)6-4-15/h3-6,9,13H,7-8,10-12H2,1-2H3/b14-9+. The zero-order valence-corrected chi connectivity index (χ0v) is 13.5. The van der Waals surface area contributed by atoms with Crippen LogP contribution in [0.2, 0.25) is 0 Å². The van der Waals surface area contributed by atoms with Crippen LogP contribution in [0.3, 0.4) is 0 Å². The maximum atomic E-state index is 2.57. The lowest BCUT2D eigenvalue weighted by molar-refractivity contribution is 0.210. The van der Waals surface area contributed by atoms with E-state index >= 15 is 0 Å². The third-order valence-corrected chi connectivity index (χ3v) is 4.55. The van der Waals surface area contributed by atoms with E-state index in [2.05, 4.69) is 71.7 Å². The van der Waals surface area contributed by atoms with Crippen LogP contribution in [-0.4, -0.2) is 24.5 Å². The Bertz CT molecular complexity index is 400. The minimum atomic E-state index is 0.919. The second kappa shape index (κ2) is 6.71. The molecule has 18 heavy (non-hydrogen) atoms. The Hall–Kier alpha value is -0.350. The molecule has 0 atom stereocenters. The van der Waals surface area contributed by atoms with Crippen LogP contribution in [-0.2, 0) is 0 Å². The molecule has 0 amide bonds. The van der Waals surface area contributed by atoms with E-state index in [0.29, 0.717) is 0 Å². The molecule has 0 N–H and O–H groups in total. The van der Waals surface area contributed by atoms with Crippen molar-refractivity contribution in [2.75, 3.05) is 19.6 Å². The summed E-state index contributed by atoms with van der Waals surface area (Å²) in [7, 11) is 0. The van der Waals surface area contributed by atoms with Crippen molar-refractivity contribution in [1.82, 2.24) is 4.90 Å². The summed E-state index contributed by atoms with van der Waals surface area (Å²) < 4.78 is 1.30. The van der Waals surface area contributed by atoms with Crippen molar-refractivity contribution >= 4 is 28.2 Å². The van der Waals surface area contributed by atoms with Gasteiger partial charge in [-0.3, -0.25) is 4.90 Å². The van der Waals surface area contributed by atoms with Crippen molar-refractivity contribution in [1.29, 1.82) is 0 Å². The van der Waals surface area contributed by atoms with Crippen LogP contribution in [0.5, 0.6) is 0 Å². The van der Waals surface area contributed by atoms with Gasteiger partial charge in [0, 0.05) is 10.1 Å². The molecule has 1 aliphatic rings. The predicted molar refractivity (Wildman–Crippen MR) is 87.6 cm³/mol. The molecule has 1 aromatic rings. The molecule has 0 aliphatic carbocycles.